The zero-order chi connectivity index (χ0) is 12.4. The Hall–Kier alpha value is -0.0300. The van der Waals surface area contributed by atoms with Crippen molar-refractivity contribution in [2.75, 3.05) is 32.7 Å². The van der Waals surface area contributed by atoms with Crippen LogP contribution in [0.15, 0.2) is 0 Å². The summed E-state index contributed by atoms with van der Waals surface area (Å²) in [6, 6.07) is 0.744. The molecule has 1 amide bonds. The Kier molecular flexibility index (Phi) is 7.59. The van der Waals surface area contributed by atoms with E-state index in [1.54, 1.807) is 0 Å². The topological polar surface area (TPSA) is 35.6 Å². The van der Waals surface area contributed by atoms with Crippen molar-refractivity contribution in [2.24, 2.45) is 0 Å². The lowest BCUT2D eigenvalue weighted by atomic mass is 9.98. The zero-order valence-electron chi connectivity index (χ0n) is 12.1. The van der Waals surface area contributed by atoms with Crippen LogP contribution in [0.1, 0.15) is 38.5 Å². The van der Waals surface area contributed by atoms with Crippen molar-refractivity contribution in [2.45, 2.75) is 50.6 Å². The highest BCUT2D eigenvalue weighted by atomic mass is 35.5. The van der Waals surface area contributed by atoms with Crippen LogP contribution in [0.4, 0.5) is 0 Å². The number of amides is 1. The number of fused-ring (bicyclic) bond motifs is 1. The normalized spacial score (nSPS) is 30.7. The number of carbonyl (C=O) groups excluding carboxylic acids is 1. The van der Waals surface area contributed by atoms with Crippen LogP contribution in [0.25, 0.3) is 0 Å². The maximum Gasteiger partial charge on any atom is 0.239 e. The largest absolute Gasteiger partial charge is 0.338 e. The molecule has 3 rings (SSSR count). The first-order valence-corrected chi connectivity index (χ1v) is 7.61. The first-order valence-electron chi connectivity index (χ1n) is 7.61. The molecule has 3 aliphatic heterocycles. The smallest absolute Gasteiger partial charge is 0.239 e. The van der Waals surface area contributed by atoms with Crippen LogP contribution in [0.3, 0.4) is 0 Å². The number of nitrogens with zero attached hydrogens (tertiary/aromatic N) is 2. The molecule has 3 aliphatic rings. The Bertz CT molecular complexity index is 311. The van der Waals surface area contributed by atoms with E-state index in [1.807, 2.05) is 0 Å². The van der Waals surface area contributed by atoms with Gasteiger partial charge in [0.25, 0.3) is 0 Å². The molecule has 0 aromatic carbocycles. The van der Waals surface area contributed by atoms with Gasteiger partial charge in [-0.3, -0.25) is 9.69 Å². The second kappa shape index (κ2) is 8.42. The van der Waals surface area contributed by atoms with Gasteiger partial charge in [0.1, 0.15) is 0 Å². The minimum absolute atomic E-state index is 0. The van der Waals surface area contributed by atoms with Crippen LogP contribution in [-0.2, 0) is 4.79 Å². The average molecular weight is 324 g/mol. The predicted octanol–water partition coefficient (Wildman–Crippen LogP) is 1.67. The van der Waals surface area contributed by atoms with E-state index in [9.17, 15) is 4.79 Å². The van der Waals surface area contributed by atoms with Crippen molar-refractivity contribution < 1.29 is 4.79 Å². The van der Waals surface area contributed by atoms with Gasteiger partial charge in [0, 0.05) is 25.7 Å². The van der Waals surface area contributed by atoms with Crippen molar-refractivity contribution in [3.05, 3.63) is 0 Å². The molecule has 0 spiro atoms. The SMILES string of the molecule is Cl.Cl.O=C(C1CCCCN1)N1CCN2CCCCC2C1. The van der Waals surface area contributed by atoms with Gasteiger partial charge in [-0.15, -0.1) is 24.8 Å². The average Bonchev–Trinajstić information content (AvgIpc) is 2.47. The fourth-order valence-corrected chi connectivity index (χ4v) is 3.64. The number of halogens is 2. The van der Waals surface area contributed by atoms with Crippen molar-refractivity contribution in [3.63, 3.8) is 0 Å². The van der Waals surface area contributed by atoms with Crippen LogP contribution in [-0.4, -0.2) is 60.5 Å². The molecule has 0 aromatic rings. The van der Waals surface area contributed by atoms with Gasteiger partial charge >= 0.3 is 0 Å². The Morgan fingerprint density at radius 2 is 1.75 bits per heavy atom. The summed E-state index contributed by atoms with van der Waals surface area (Å²) < 4.78 is 0. The highest BCUT2D eigenvalue weighted by Gasteiger charge is 2.33. The van der Waals surface area contributed by atoms with Gasteiger partial charge < -0.3 is 10.2 Å². The summed E-state index contributed by atoms with van der Waals surface area (Å²) >= 11 is 0. The Labute approximate surface area is 134 Å². The number of piperidine rings is 2. The third kappa shape index (κ3) is 4.00. The van der Waals surface area contributed by atoms with E-state index in [-0.39, 0.29) is 30.9 Å². The minimum atomic E-state index is 0. The van der Waals surface area contributed by atoms with Gasteiger partial charge in [-0.25, -0.2) is 0 Å². The van der Waals surface area contributed by atoms with Crippen LogP contribution < -0.4 is 5.32 Å². The van der Waals surface area contributed by atoms with E-state index in [2.05, 4.69) is 15.1 Å². The molecule has 6 heteroatoms. The molecule has 0 radical (unpaired) electrons. The first kappa shape index (κ1) is 18.0. The van der Waals surface area contributed by atoms with Crippen LogP contribution in [0.2, 0.25) is 0 Å². The number of carbonyl (C=O) groups is 1. The van der Waals surface area contributed by atoms with Gasteiger partial charge in [-0.05, 0) is 38.8 Å². The summed E-state index contributed by atoms with van der Waals surface area (Å²) in [5.41, 5.74) is 0. The molecule has 1 N–H and O–H groups in total. The highest BCUT2D eigenvalue weighted by molar-refractivity contribution is 5.85. The maximum absolute atomic E-state index is 12.5. The van der Waals surface area contributed by atoms with Crippen LogP contribution >= 0.6 is 24.8 Å². The summed E-state index contributed by atoms with van der Waals surface area (Å²) in [5, 5.41) is 3.38. The van der Waals surface area contributed by atoms with Crippen molar-refractivity contribution in [3.8, 4) is 0 Å². The van der Waals surface area contributed by atoms with Crippen molar-refractivity contribution in [1.82, 2.24) is 15.1 Å². The molecule has 118 valence electrons. The van der Waals surface area contributed by atoms with Crippen molar-refractivity contribution >= 4 is 30.7 Å². The predicted molar refractivity (Wildman–Crippen MR) is 85.9 cm³/mol. The first-order chi connectivity index (χ1) is 8.84. The quantitative estimate of drug-likeness (QED) is 0.797. The number of nitrogens with one attached hydrogen (secondary N) is 1. The van der Waals surface area contributed by atoms with Gasteiger partial charge in [0.15, 0.2) is 0 Å². The molecule has 0 bridgehead atoms. The molecule has 0 saturated carbocycles. The van der Waals surface area contributed by atoms with Gasteiger partial charge in [-0.1, -0.05) is 12.8 Å². The van der Waals surface area contributed by atoms with E-state index < -0.39 is 0 Å². The Morgan fingerprint density at radius 3 is 2.50 bits per heavy atom. The number of hydrogen-bond donors (Lipinski definition) is 1. The molecular weight excluding hydrogens is 297 g/mol. The van der Waals surface area contributed by atoms with E-state index in [1.165, 1.54) is 38.6 Å². The number of rotatable bonds is 1. The van der Waals surface area contributed by atoms with E-state index >= 15 is 0 Å². The second-order valence-corrected chi connectivity index (χ2v) is 5.97. The number of hydrogen-bond acceptors (Lipinski definition) is 3. The molecule has 0 aliphatic carbocycles. The van der Waals surface area contributed by atoms with Gasteiger partial charge in [0.05, 0.1) is 6.04 Å². The summed E-state index contributed by atoms with van der Waals surface area (Å²) in [6.45, 7) is 5.25. The fourth-order valence-electron chi connectivity index (χ4n) is 3.64. The molecule has 2 atom stereocenters. The lowest BCUT2D eigenvalue weighted by molar-refractivity contribution is -0.137. The molecule has 3 fully saturated rings. The summed E-state index contributed by atoms with van der Waals surface area (Å²) in [6.07, 6.45) is 7.41. The van der Waals surface area contributed by atoms with Crippen LogP contribution in [0, 0.1) is 0 Å². The van der Waals surface area contributed by atoms with Crippen molar-refractivity contribution in [1.29, 1.82) is 0 Å². The summed E-state index contributed by atoms with van der Waals surface area (Å²) in [7, 11) is 0. The maximum atomic E-state index is 12.5. The Balaban J connectivity index is 0.000001000. The molecule has 2 unspecified atom stereocenters. The lowest BCUT2D eigenvalue weighted by Gasteiger charge is -2.45. The lowest BCUT2D eigenvalue weighted by Crippen LogP contribution is -2.59. The standard InChI is InChI=1S/C14H25N3O.2ClH/c18-14(13-6-1-3-7-15-13)17-10-9-16-8-4-2-5-12(16)11-17;;/h12-13,15H,1-11H2;2*1H. The van der Waals surface area contributed by atoms with Gasteiger partial charge in [0.2, 0.25) is 5.91 Å². The van der Waals surface area contributed by atoms with E-state index in [4.69, 9.17) is 0 Å². The van der Waals surface area contributed by atoms with Gasteiger partial charge in [-0.2, -0.15) is 0 Å². The number of piperazine rings is 1. The summed E-state index contributed by atoms with van der Waals surface area (Å²) in [5.74, 6) is 0.361. The summed E-state index contributed by atoms with van der Waals surface area (Å²) in [4.78, 5) is 17.2. The molecule has 3 saturated heterocycles. The fraction of sp³-hybridized carbons (Fsp3) is 0.929. The Morgan fingerprint density at radius 1 is 0.950 bits per heavy atom. The molecule has 4 nitrogen and oxygen atoms in total. The minimum Gasteiger partial charge on any atom is -0.338 e. The third-order valence-electron chi connectivity index (χ3n) is 4.76. The zero-order valence-corrected chi connectivity index (χ0v) is 13.7. The molecule has 0 aromatic heterocycles. The van der Waals surface area contributed by atoms with E-state index in [0.717, 1.165) is 32.6 Å². The second-order valence-electron chi connectivity index (χ2n) is 5.97. The molecule has 20 heavy (non-hydrogen) atoms. The highest BCUT2D eigenvalue weighted by Crippen LogP contribution is 2.22. The molecular formula is C14H27Cl2N3O. The third-order valence-corrected chi connectivity index (χ3v) is 4.76. The van der Waals surface area contributed by atoms with Crippen LogP contribution in [0.5, 0.6) is 0 Å². The molecule has 3 heterocycles. The monoisotopic (exact) mass is 323 g/mol. The van der Waals surface area contributed by atoms with E-state index in [0.29, 0.717) is 11.9 Å².